The number of fused-ring (bicyclic) bond motifs is 1. The Bertz CT molecular complexity index is 1240. The number of H-pyrrole nitrogens is 2. The van der Waals surface area contributed by atoms with Gasteiger partial charge in [-0.05, 0) is 60.7 Å². The Kier molecular flexibility index (Phi) is 5.16. The van der Waals surface area contributed by atoms with Crippen LogP contribution >= 0.6 is 11.6 Å². The summed E-state index contributed by atoms with van der Waals surface area (Å²) in [6, 6.07) is 15.4. The number of ether oxygens (including phenoxy) is 1. The highest BCUT2D eigenvalue weighted by Crippen LogP contribution is 2.35. The zero-order valence-corrected chi connectivity index (χ0v) is 17.9. The number of hydrogen-bond acceptors (Lipinski definition) is 3. The standard InChI is InChI=1S/C24H23ClN4O2/c1-31-18-5-6-21-19(12-18)20(14-26-21)15-7-9-29(10-8-15)24(30)23-13-22(27-28-23)16-3-2-4-17(25)11-16/h2-6,11-15,26H,7-10H2,1H3,(H,27,28). The van der Waals surface area contributed by atoms with E-state index in [4.69, 9.17) is 16.3 Å². The molecule has 7 heteroatoms. The average Bonchev–Trinajstić information content (AvgIpc) is 3.46. The van der Waals surface area contributed by atoms with Crippen LogP contribution in [-0.2, 0) is 0 Å². The molecule has 0 radical (unpaired) electrons. The first-order valence-corrected chi connectivity index (χ1v) is 10.8. The van der Waals surface area contributed by atoms with E-state index in [-0.39, 0.29) is 5.91 Å². The van der Waals surface area contributed by atoms with Gasteiger partial charge in [-0.25, -0.2) is 0 Å². The van der Waals surface area contributed by atoms with Crippen LogP contribution in [0.2, 0.25) is 5.02 Å². The summed E-state index contributed by atoms with van der Waals surface area (Å²) in [6.07, 6.45) is 3.94. The first-order chi connectivity index (χ1) is 15.1. The Hall–Kier alpha value is -3.25. The molecule has 1 aliphatic rings. The van der Waals surface area contributed by atoms with Gasteiger partial charge in [-0.2, -0.15) is 5.10 Å². The molecular formula is C24H23ClN4O2. The smallest absolute Gasteiger partial charge is 0.271 e. The van der Waals surface area contributed by atoms with Crippen molar-refractivity contribution < 1.29 is 9.53 Å². The van der Waals surface area contributed by atoms with Crippen molar-refractivity contribution in [3.8, 4) is 17.0 Å². The Morgan fingerprint density at radius 1 is 1.16 bits per heavy atom. The maximum Gasteiger partial charge on any atom is 0.271 e. The fourth-order valence-corrected chi connectivity index (χ4v) is 4.57. The minimum Gasteiger partial charge on any atom is -0.497 e. The predicted molar refractivity (Wildman–Crippen MR) is 122 cm³/mol. The average molecular weight is 435 g/mol. The second kappa shape index (κ2) is 8.12. The fraction of sp³-hybridized carbons (Fsp3) is 0.250. The highest BCUT2D eigenvalue weighted by Gasteiger charge is 2.27. The molecule has 3 heterocycles. The molecule has 2 aromatic carbocycles. The molecule has 1 fully saturated rings. The topological polar surface area (TPSA) is 74.0 Å². The van der Waals surface area contributed by atoms with Crippen LogP contribution < -0.4 is 4.74 Å². The molecule has 0 bridgehead atoms. The van der Waals surface area contributed by atoms with Crippen LogP contribution in [0.15, 0.2) is 54.7 Å². The normalized spacial score (nSPS) is 14.8. The second-order valence-corrected chi connectivity index (χ2v) is 8.34. The number of hydrogen-bond donors (Lipinski definition) is 2. The Morgan fingerprint density at radius 3 is 2.77 bits per heavy atom. The molecule has 2 N–H and O–H groups in total. The van der Waals surface area contributed by atoms with Crippen molar-refractivity contribution in [3.05, 3.63) is 71.0 Å². The fourth-order valence-electron chi connectivity index (χ4n) is 4.38. The van der Waals surface area contributed by atoms with Crippen molar-refractivity contribution >= 4 is 28.4 Å². The van der Waals surface area contributed by atoms with Gasteiger partial charge in [0.2, 0.25) is 0 Å². The molecule has 0 unspecified atom stereocenters. The number of aromatic amines is 2. The molecule has 2 aromatic heterocycles. The van der Waals surface area contributed by atoms with Crippen molar-refractivity contribution in [2.75, 3.05) is 20.2 Å². The van der Waals surface area contributed by atoms with E-state index >= 15 is 0 Å². The summed E-state index contributed by atoms with van der Waals surface area (Å²) in [4.78, 5) is 18.3. The first kappa shape index (κ1) is 19.7. The first-order valence-electron chi connectivity index (χ1n) is 10.4. The van der Waals surface area contributed by atoms with Crippen LogP contribution in [0.4, 0.5) is 0 Å². The number of aromatic nitrogens is 3. The minimum atomic E-state index is -0.0141. The largest absolute Gasteiger partial charge is 0.497 e. The summed E-state index contributed by atoms with van der Waals surface area (Å²) in [5.41, 5.74) is 4.51. The van der Waals surface area contributed by atoms with Crippen LogP contribution in [-0.4, -0.2) is 46.2 Å². The Labute approximate surface area is 185 Å². The molecule has 6 nitrogen and oxygen atoms in total. The summed E-state index contributed by atoms with van der Waals surface area (Å²) in [6.45, 7) is 1.43. The number of methoxy groups -OCH3 is 1. The molecule has 1 aliphatic heterocycles. The molecule has 0 spiro atoms. The number of rotatable bonds is 4. The third-order valence-electron chi connectivity index (χ3n) is 6.07. The van der Waals surface area contributed by atoms with E-state index in [2.05, 4.69) is 27.4 Å². The van der Waals surface area contributed by atoms with Crippen LogP contribution in [0, 0.1) is 0 Å². The molecule has 0 saturated carbocycles. The summed E-state index contributed by atoms with van der Waals surface area (Å²) in [5, 5.41) is 9.04. The van der Waals surface area contributed by atoms with E-state index in [1.165, 1.54) is 10.9 Å². The van der Waals surface area contributed by atoms with Gasteiger partial charge in [-0.15, -0.1) is 0 Å². The molecule has 158 valence electrons. The quantitative estimate of drug-likeness (QED) is 0.461. The van der Waals surface area contributed by atoms with E-state index in [0.29, 0.717) is 35.4 Å². The highest BCUT2D eigenvalue weighted by atomic mass is 35.5. The maximum absolute atomic E-state index is 13.0. The summed E-state index contributed by atoms with van der Waals surface area (Å²) < 4.78 is 5.39. The number of carbonyl (C=O) groups is 1. The van der Waals surface area contributed by atoms with Crippen molar-refractivity contribution in [2.24, 2.45) is 0 Å². The molecule has 1 amide bonds. The molecule has 5 rings (SSSR count). The number of piperidine rings is 1. The molecular weight excluding hydrogens is 412 g/mol. The number of halogens is 1. The van der Waals surface area contributed by atoms with Gasteiger partial charge in [0, 0.05) is 40.8 Å². The van der Waals surface area contributed by atoms with Crippen LogP contribution in [0.3, 0.4) is 0 Å². The number of benzene rings is 2. The third kappa shape index (κ3) is 3.79. The highest BCUT2D eigenvalue weighted by molar-refractivity contribution is 6.30. The predicted octanol–water partition coefficient (Wildman–Crippen LogP) is 5.24. The minimum absolute atomic E-state index is 0.0141. The Balaban J connectivity index is 1.28. The number of nitrogens with zero attached hydrogens (tertiary/aromatic N) is 2. The van der Waals surface area contributed by atoms with Gasteiger partial charge in [-0.1, -0.05) is 23.7 Å². The van der Waals surface area contributed by atoms with Crippen molar-refractivity contribution in [1.82, 2.24) is 20.1 Å². The Morgan fingerprint density at radius 2 is 2.00 bits per heavy atom. The van der Waals surface area contributed by atoms with E-state index in [1.807, 2.05) is 41.3 Å². The summed E-state index contributed by atoms with van der Waals surface area (Å²) >= 11 is 6.07. The van der Waals surface area contributed by atoms with Gasteiger partial charge in [0.1, 0.15) is 11.4 Å². The van der Waals surface area contributed by atoms with E-state index in [9.17, 15) is 4.79 Å². The van der Waals surface area contributed by atoms with Gasteiger partial charge >= 0.3 is 0 Å². The van der Waals surface area contributed by atoms with Gasteiger partial charge in [0.25, 0.3) is 5.91 Å². The van der Waals surface area contributed by atoms with Gasteiger partial charge < -0.3 is 14.6 Å². The number of nitrogens with one attached hydrogen (secondary N) is 2. The van der Waals surface area contributed by atoms with Gasteiger partial charge in [-0.3, -0.25) is 9.89 Å². The molecule has 0 aliphatic carbocycles. The van der Waals surface area contributed by atoms with Gasteiger partial charge in [0.15, 0.2) is 0 Å². The molecule has 1 saturated heterocycles. The lowest BCUT2D eigenvalue weighted by atomic mass is 9.89. The SMILES string of the molecule is COc1ccc2[nH]cc(C3CCN(C(=O)c4cc(-c5cccc(Cl)c5)n[nH]4)CC3)c2c1. The van der Waals surface area contributed by atoms with Crippen molar-refractivity contribution in [2.45, 2.75) is 18.8 Å². The summed E-state index contributed by atoms with van der Waals surface area (Å²) in [7, 11) is 1.69. The number of carbonyl (C=O) groups excluding carboxylic acids is 1. The van der Waals surface area contributed by atoms with Gasteiger partial charge in [0.05, 0.1) is 12.8 Å². The van der Waals surface area contributed by atoms with Crippen molar-refractivity contribution in [3.63, 3.8) is 0 Å². The number of amides is 1. The van der Waals surface area contributed by atoms with Crippen LogP contribution in [0.25, 0.3) is 22.2 Å². The lowest BCUT2D eigenvalue weighted by Gasteiger charge is -2.31. The van der Waals surface area contributed by atoms with E-state index in [1.54, 1.807) is 13.2 Å². The monoisotopic (exact) mass is 434 g/mol. The van der Waals surface area contributed by atoms with Crippen LogP contribution in [0.5, 0.6) is 5.75 Å². The lowest BCUT2D eigenvalue weighted by Crippen LogP contribution is -2.38. The zero-order valence-electron chi connectivity index (χ0n) is 17.2. The van der Waals surface area contributed by atoms with E-state index in [0.717, 1.165) is 29.7 Å². The van der Waals surface area contributed by atoms with Crippen molar-refractivity contribution in [1.29, 1.82) is 0 Å². The van der Waals surface area contributed by atoms with E-state index < -0.39 is 0 Å². The lowest BCUT2D eigenvalue weighted by molar-refractivity contribution is 0.0707. The molecule has 4 aromatic rings. The zero-order chi connectivity index (χ0) is 21.4. The maximum atomic E-state index is 13.0. The number of likely N-dealkylation sites (tertiary alicyclic amines) is 1. The second-order valence-electron chi connectivity index (χ2n) is 7.90. The molecule has 0 atom stereocenters. The summed E-state index contributed by atoms with van der Waals surface area (Å²) in [5.74, 6) is 1.25. The third-order valence-corrected chi connectivity index (χ3v) is 6.31. The molecule has 31 heavy (non-hydrogen) atoms. The van der Waals surface area contributed by atoms with Crippen LogP contribution in [0.1, 0.15) is 34.8 Å².